The standard InChI is InChI=1S/C17H26BrClN2O2/c1-11(2)15(10-21-16(22)23-17(3,4)5)20-9-12-6-7-13(18)8-14(12)19/h6-8,11,15,20H,9-10H2,1-5H3,(H,21,22). The van der Waals surface area contributed by atoms with Crippen LogP contribution in [0.4, 0.5) is 4.79 Å². The molecule has 0 aromatic heterocycles. The predicted molar refractivity (Wildman–Crippen MR) is 98.9 cm³/mol. The fourth-order valence-corrected chi connectivity index (χ4v) is 2.70. The van der Waals surface area contributed by atoms with Crippen molar-refractivity contribution in [3.8, 4) is 0 Å². The molecule has 1 rings (SSSR count). The molecule has 0 aliphatic heterocycles. The van der Waals surface area contributed by atoms with Crippen molar-refractivity contribution in [2.75, 3.05) is 6.54 Å². The van der Waals surface area contributed by atoms with Crippen molar-refractivity contribution in [1.29, 1.82) is 0 Å². The topological polar surface area (TPSA) is 50.4 Å². The third kappa shape index (κ3) is 8.04. The minimum Gasteiger partial charge on any atom is -0.444 e. The van der Waals surface area contributed by atoms with Crippen molar-refractivity contribution in [3.05, 3.63) is 33.3 Å². The first-order valence-corrected chi connectivity index (χ1v) is 8.89. The molecule has 0 radical (unpaired) electrons. The van der Waals surface area contributed by atoms with Gasteiger partial charge in [0.25, 0.3) is 0 Å². The number of halogens is 2. The van der Waals surface area contributed by atoms with E-state index in [1.165, 1.54) is 0 Å². The number of ether oxygens (including phenoxy) is 1. The second kappa shape index (κ2) is 8.90. The molecular formula is C17H26BrClN2O2. The largest absolute Gasteiger partial charge is 0.444 e. The molecule has 1 aromatic carbocycles. The first kappa shape index (κ1) is 20.3. The summed E-state index contributed by atoms with van der Waals surface area (Å²) in [5.74, 6) is 0.360. The highest BCUT2D eigenvalue weighted by Gasteiger charge is 2.19. The SMILES string of the molecule is CC(C)C(CNC(=O)OC(C)(C)C)NCc1ccc(Br)cc1Cl. The van der Waals surface area contributed by atoms with Crippen LogP contribution >= 0.6 is 27.5 Å². The second-order valence-electron chi connectivity index (χ2n) is 6.85. The lowest BCUT2D eigenvalue weighted by molar-refractivity contribution is 0.0519. The number of hydrogen-bond acceptors (Lipinski definition) is 3. The summed E-state index contributed by atoms with van der Waals surface area (Å²) >= 11 is 9.63. The molecule has 130 valence electrons. The van der Waals surface area contributed by atoms with Gasteiger partial charge in [0.1, 0.15) is 5.60 Å². The minimum atomic E-state index is -0.490. The Hall–Kier alpha value is -0.780. The average Bonchev–Trinajstić information content (AvgIpc) is 2.38. The summed E-state index contributed by atoms with van der Waals surface area (Å²) in [6, 6.07) is 5.95. The van der Waals surface area contributed by atoms with Gasteiger partial charge in [-0.25, -0.2) is 4.79 Å². The molecule has 1 atom stereocenters. The average molecular weight is 406 g/mol. The summed E-state index contributed by atoms with van der Waals surface area (Å²) in [5.41, 5.74) is 0.535. The molecule has 6 heteroatoms. The van der Waals surface area contributed by atoms with Crippen molar-refractivity contribution in [2.45, 2.75) is 52.8 Å². The van der Waals surface area contributed by atoms with Gasteiger partial charge < -0.3 is 15.4 Å². The first-order valence-electron chi connectivity index (χ1n) is 7.72. The molecule has 0 fully saturated rings. The molecular weight excluding hydrogens is 380 g/mol. The van der Waals surface area contributed by atoms with E-state index in [0.29, 0.717) is 19.0 Å². The van der Waals surface area contributed by atoms with Crippen LogP contribution in [0.25, 0.3) is 0 Å². The Labute approximate surface area is 152 Å². The van der Waals surface area contributed by atoms with Crippen molar-refractivity contribution in [3.63, 3.8) is 0 Å². The molecule has 0 spiro atoms. The quantitative estimate of drug-likeness (QED) is 0.718. The Morgan fingerprint density at radius 2 is 2.00 bits per heavy atom. The highest BCUT2D eigenvalue weighted by atomic mass is 79.9. The van der Waals surface area contributed by atoms with Crippen LogP contribution in [0.5, 0.6) is 0 Å². The van der Waals surface area contributed by atoms with E-state index in [9.17, 15) is 4.79 Å². The Morgan fingerprint density at radius 3 is 2.52 bits per heavy atom. The summed E-state index contributed by atoms with van der Waals surface area (Å²) in [5, 5.41) is 6.98. The van der Waals surface area contributed by atoms with Gasteiger partial charge in [0.05, 0.1) is 0 Å². The van der Waals surface area contributed by atoms with Gasteiger partial charge in [-0.05, 0) is 44.4 Å². The number of carbonyl (C=O) groups is 1. The van der Waals surface area contributed by atoms with Crippen LogP contribution in [0.3, 0.4) is 0 Å². The highest BCUT2D eigenvalue weighted by molar-refractivity contribution is 9.10. The van der Waals surface area contributed by atoms with Crippen LogP contribution in [0.1, 0.15) is 40.2 Å². The van der Waals surface area contributed by atoms with E-state index in [0.717, 1.165) is 15.1 Å². The van der Waals surface area contributed by atoms with Gasteiger partial charge in [0.15, 0.2) is 0 Å². The highest BCUT2D eigenvalue weighted by Crippen LogP contribution is 2.21. The molecule has 0 aliphatic carbocycles. The van der Waals surface area contributed by atoms with Crippen molar-refractivity contribution < 1.29 is 9.53 Å². The molecule has 1 aromatic rings. The van der Waals surface area contributed by atoms with Gasteiger partial charge in [-0.3, -0.25) is 0 Å². The monoisotopic (exact) mass is 404 g/mol. The smallest absolute Gasteiger partial charge is 0.407 e. The van der Waals surface area contributed by atoms with Gasteiger partial charge in [0.2, 0.25) is 0 Å². The van der Waals surface area contributed by atoms with E-state index in [2.05, 4.69) is 40.4 Å². The van der Waals surface area contributed by atoms with E-state index >= 15 is 0 Å². The lowest BCUT2D eigenvalue weighted by atomic mass is 10.0. The van der Waals surface area contributed by atoms with Gasteiger partial charge in [-0.2, -0.15) is 0 Å². The number of rotatable bonds is 6. The normalized spacial score (nSPS) is 13.0. The lowest BCUT2D eigenvalue weighted by Gasteiger charge is -2.25. The molecule has 2 N–H and O–H groups in total. The second-order valence-corrected chi connectivity index (χ2v) is 8.17. The number of carbonyl (C=O) groups excluding carboxylic acids is 1. The molecule has 0 heterocycles. The van der Waals surface area contributed by atoms with E-state index in [4.69, 9.17) is 16.3 Å². The Balaban J connectivity index is 2.54. The molecule has 4 nitrogen and oxygen atoms in total. The Kier molecular flexibility index (Phi) is 7.84. The van der Waals surface area contributed by atoms with Gasteiger partial charge >= 0.3 is 6.09 Å². The molecule has 0 bridgehead atoms. The van der Waals surface area contributed by atoms with E-state index in [1.807, 2.05) is 39.0 Å². The van der Waals surface area contributed by atoms with Crippen LogP contribution in [0.2, 0.25) is 5.02 Å². The van der Waals surface area contributed by atoms with Crippen LogP contribution in [-0.2, 0) is 11.3 Å². The maximum Gasteiger partial charge on any atom is 0.407 e. The number of hydrogen-bond donors (Lipinski definition) is 2. The van der Waals surface area contributed by atoms with Gasteiger partial charge in [0, 0.05) is 28.6 Å². The van der Waals surface area contributed by atoms with Crippen LogP contribution < -0.4 is 10.6 Å². The van der Waals surface area contributed by atoms with E-state index in [1.54, 1.807) is 0 Å². The Morgan fingerprint density at radius 1 is 1.35 bits per heavy atom. The van der Waals surface area contributed by atoms with E-state index in [-0.39, 0.29) is 6.04 Å². The first-order chi connectivity index (χ1) is 10.6. The third-order valence-electron chi connectivity index (χ3n) is 3.24. The molecule has 1 unspecified atom stereocenters. The zero-order valence-electron chi connectivity index (χ0n) is 14.4. The number of nitrogens with one attached hydrogen (secondary N) is 2. The summed E-state index contributed by atoms with van der Waals surface area (Å²) in [6.45, 7) is 10.9. The number of alkyl carbamates (subject to hydrolysis) is 1. The van der Waals surface area contributed by atoms with E-state index < -0.39 is 11.7 Å². The lowest BCUT2D eigenvalue weighted by Crippen LogP contribution is -2.45. The third-order valence-corrected chi connectivity index (χ3v) is 4.08. The summed E-state index contributed by atoms with van der Waals surface area (Å²) in [6.07, 6.45) is -0.397. The zero-order chi connectivity index (χ0) is 17.6. The number of benzene rings is 1. The molecule has 1 amide bonds. The number of amides is 1. The van der Waals surface area contributed by atoms with Crippen molar-refractivity contribution in [2.24, 2.45) is 5.92 Å². The molecule has 0 saturated carbocycles. The molecule has 23 heavy (non-hydrogen) atoms. The van der Waals surface area contributed by atoms with Crippen molar-refractivity contribution >= 4 is 33.6 Å². The summed E-state index contributed by atoms with van der Waals surface area (Å²) in [7, 11) is 0. The maximum atomic E-state index is 11.8. The fourth-order valence-electron chi connectivity index (χ4n) is 1.96. The fraction of sp³-hybridized carbons (Fsp3) is 0.588. The summed E-state index contributed by atoms with van der Waals surface area (Å²) in [4.78, 5) is 11.8. The van der Waals surface area contributed by atoms with Crippen LogP contribution in [0, 0.1) is 5.92 Å². The van der Waals surface area contributed by atoms with Crippen LogP contribution in [-0.4, -0.2) is 24.3 Å². The summed E-state index contributed by atoms with van der Waals surface area (Å²) < 4.78 is 6.22. The predicted octanol–water partition coefficient (Wildman–Crippen LogP) is 4.74. The Bertz CT molecular complexity index is 530. The van der Waals surface area contributed by atoms with Crippen molar-refractivity contribution in [1.82, 2.24) is 10.6 Å². The zero-order valence-corrected chi connectivity index (χ0v) is 16.7. The molecule has 0 saturated heterocycles. The van der Waals surface area contributed by atoms with Crippen LogP contribution in [0.15, 0.2) is 22.7 Å². The van der Waals surface area contributed by atoms with Gasteiger partial charge in [-0.1, -0.05) is 47.4 Å². The van der Waals surface area contributed by atoms with Gasteiger partial charge in [-0.15, -0.1) is 0 Å². The molecule has 0 aliphatic rings. The maximum absolute atomic E-state index is 11.8. The minimum absolute atomic E-state index is 0.127.